The van der Waals surface area contributed by atoms with Gasteiger partial charge in [-0.15, -0.1) is 0 Å². The van der Waals surface area contributed by atoms with Gasteiger partial charge >= 0.3 is 6.18 Å². The lowest BCUT2D eigenvalue weighted by molar-refractivity contribution is -0.137. The van der Waals surface area contributed by atoms with Crippen LogP contribution < -0.4 is 0 Å². The largest absolute Gasteiger partial charge is 0.417 e. The molecule has 7 heteroatoms. The van der Waals surface area contributed by atoms with E-state index < -0.39 is 11.7 Å². The summed E-state index contributed by atoms with van der Waals surface area (Å²) in [4.78, 5) is 15.1. The van der Waals surface area contributed by atoms with Crippen LogP contribution in [0.25, 0.3) is 95.0 Å². The molecule has 0 aliphatic heterocycles. The van der Waals surface area contributed by atoms with Gasteiger partial charge in [-0.05, 0) is 63.7 Å². The van der Waals surface area contributed by atoms with Crippen LogP contribution in [0.5, 0.6) is 0 Å². The Morgan fingerprint density at radius 1 is 0.339 bits per heavy atom. The first-order valence-corrected chi connectivity index (χ1v) is 19.3. The van der Waals surface area contributed by atoms with E-state index in [4.69, 9.17) is 15.0 Å². The zero-order chi connectivity index (χ0) is 39.9. The van der Waals surface area contributed by atoms with Gasteiger partial charge in [0.05, 0.1) is 22.3 Å². The van der Waals surface area contributed by atoms with E-state index in [1.54, 1.807) is 12.1 Å². The summed E-state index contributed by atoms with van der Waals surface area (Å²) in [5, 5.41) is 1.99. The van der Waals surface area contributed by atoms with Gasteiger partial charge in [0, 0.05) is 27.5 Å². The van der Waals surface area contributed by atoms with Crippen LogP contribution in [-0.2, 0) is 6.18 Å². The van der Waals surface area contributed by atoms with Gasteiger partial charge in [-0.1, -0.05) is 170 Å². The highest BCUT2D eigenvalue weighted by molar-refractivity contribution is 6.11. The van der Waals surface area contributed by atoms with Crippen molar-refractivity contribution in [2.45, 2.75) is 6.18 Å². The maximum atomic E-state index is 14.7. The molecule has 0 aliphatic rings. The molecule has 2 heterocycles. The smallest absolute Gasteiger partial charge is 0.308 e. The Kier molecular flexibility index (Phi) is 8.91. The quantitative estimate of drug-likeness (QED) is 0.162. The van der Waals surface area contributed by atoms with Gasteiger partial charge in [0.1, 0.15) is 0 Å². The average Bonchev–Trinajstić information content (AvgIpc) is 3.62. The highest BCUT2D eigenvalue weighted by atomic mass is 19.4. The molecule has 0 fully saturated rings. The number of halogens is 3. The molecule has 0 saturated heterocycles. The fourth-order valence-electron chi connectivity index (χ4n) is 7.88. The van der Waals surface area contributed by atoms with E-state index in [1.165, 1.54) is 12.1 Å². The molecular formula is C52H33F3N4. The Balaban J connectivity index is 1.32. The second kappa shape index (κ2) is 14.7. The zero-order valence-corrected chi connectivity index (χ0v) is 31.5. The Morgan fingerprint density at radius 3 is 1.25 bits per heavy atom. The summed E-state index contributed by atoms with van der Waals surface area (Å²) in [6, 6.07) is 63.7. The molecule has 4 nitrogen and oxygen atoms in total. The van der Waals surface area contributed by atoms with E-state index in [-0.39, 0.29) is 5.56 Å². The summed E-state index contributed by atoms with van der Waals surface area (Å²) < 4.78 is 46.1. The predicted octanol–water partition coefficient (Wildman–Crippen LogP) is 14.0. The minimum absolute atomic E-state index is 0.0779. The lowest BCUT2D eigenvalue weighted by atomic mass is 9.96. The molecule has 59 heavy (non-hydrogen) atoms. The van der Waals surface area contributed by atoms with Crippen molar-refractivity contribution >= 4 is 21.8 Å². The third-order valence-corrected chi connectivity index (χ3v) is 10.7. The highest BCUT2D eigenvalue weighted by Gasteiger charge is 2.33. The molecule has 0 unspecified atom stereocenters. The molecule has 0 aliphatic carbocycles. The third-order valence-electron chi connectivity index (χ3n) is 10.7. The van der Waals surface area contributed by atoms with Crippen LogP contribution in [-0.4, -0.2) is 19.5 Å². The first-order valence-electron chi connectivity index (χ1n) is 19.3. The summed E-state index contributed by atoms with van der Waals surface area (Å²) in [6.45, 7) is 0. The normalized spacial score (nSPS) is 11.6. The number of nitrogens with zero attached hydrogens (tertiary/aromatic N) is 4. The summed E-state index contributed by atoms with van der Waals surface area (Å²) in [7, 11) is 0. The molecule has 0 spiro atoms. The fraction of sp³-hybridized carbons (Fsp3) is 0.0192. The molecular weight excluding hydrogens is 738 g/mol. The minimum Gasteiger partial charge on any atom is -0.308 e. The Hall–Kier alpha value is -7.64. The standard InChI is InChI=1S/C52H33F3N4/c53-52(54,55)45-24-14-13-23-41(45)40-27-30-44(51-57-49(36-19-9-3-10-20-36)56-50(58-51)37-21-11-4-12-22-37)48(33-40)59-46-31-38(34-15-5-1-6-16-34)25-28-42(46)43-29-26-39(32-47(43)59)35-17-7-2-8-18-35/h1-33H. The van der Waals surface area contributed by atoms with Crippen molar-refractivity contribution in [1.29, 1.82) is 0 Å². The van der Waals surface area contributed by atoms with Crippen molar-refractivity contribution in [1.82, 2.24) is 19.5 Å². The van der Waals surface area contributed by atoms with Crippen LogP contribution in [0.15, 0.2) is 200 Å². The van der Waals surface area contributed by atoms with Crippen LogP contribution >= 0.6 is 0 Å². The van der Waals surface area contributed by atoms with Crippen LogP contribution in [0.1, 0.15) is 5.56 Å². The van der Waals surface area contributed by atoms with Crippen molar-refractivity contribution in [3.05, 3.63) is 206 Å². The number of hydrogen-bond donors (Lipinski definition) is 0. The monoisotopic (exact) mass is 770 g/mol. The maximum absolute atomic E-state index is 14.7. The van der Waals surface area contributed by atoms with Crippen LogP contribution in [0.2, 0.25) is 0 Å². The third kappa shape index (κ3) is 6.72. The number of rotatable bonds is 7. The molecule has 0 bridgehead atoms. The van der Waals surface area contributed by atoms with Gasteiger partial charge in [0.25, 0.3) is 0 Å². The van der Waals surface area contributed by atoms with Crippen molar-refractivity contribution in [3.63, 3.8) is 0 Å². The first kappa shape index (κ1) is 35.8. The second-order valence-electron chi connectivity index (χ2n) is 14.3. The second-order valence-corrected chi connectivity index (χ2v) is 14.3. The highest BCUT2D eigenvalue weighted by Crippen LogP contribution is 2.43. The average molecular weight is 771 g/mol. The lowest BCUT2D eigenvalue weighted by Gasteiger charge is -2.18. The molecule has 0 amide bonds. The predicted molar refractivity (Wildman–Crippen MR) is 232 cm³/mol. The summed E-state index contributed by atoms with van der Waals surface area (Å²) in [5.74, 6) is 1.34. The van der Waals surface area contributed by atoms with Crippen molar-refractivity contribution in [2.75, 3.05) is 0 Å². The van der Waals surface area contributed by atoms with Gasteiger partial charge in [0.2, 0.25) is 0 Å². The molecule has 10 rings (SSSR count). The molecule has 0 radical (unpaired) electrons. The Labute approximate surface area is 338 Å². The molecule has 282 valence electrons. The number of fused-ring (bicyclic) bond motifs is 3. The van der Waals surface area contributed by atoms with Crippen LogP contribution in [0.4, 0.5) is 13.2 Å². The Bertz CT molecular complexity index is 2970. The van der Waals surface area contributed by atoms with E-state index in [1.807, 2.05) is 109 Å². The SMILES string of the molecule is FC(F)(F)c1ccccc1-c1ccc(-c2nc(-c3ccccc3)nc(-c3ccccc3)n2)c(-n2c3cc(-c4ccccc4)ccc3c3ccc(-c4ccccc4)cc32)c1. The van der Waals surface area contributed by atoms with Gasteiger partial charge in [-0.2, -0.15) is 13.2 Å². The van der Waals surface area contributed by atoms with E-state index in [9.17, 15) is 13.2 Å². The van der Waals surface area contributed by atoms with E-state index in [0.717, 1.165) is 61.3 Å². The van der Waals surface area contributed by atoms with Gasteiger partial charge in [-0.25, -0.2) is 15.0 Å². The molecule has 10 aromatic rings. The van der Waals surface area contributed by atoms with Crippen molar-refractivity contribution < 1.29 is 13.2 Å². The van der Waals surface area contributed by atoms with E-state index >= 15 is 0 Å². The number of aromatic nitrogens is 4. The summed E-state index contributed by atoms with van der Waals surface area (Å²) in [6.07, 6.45) is -4.57. The first-order chi connectivity index (χ1) is 28.9. The van der Waals surface area contributed by atoms with Crippen molar-refractivity contribution in [3.8, 4) is 73.2 Å². The Morgan fingerprint density at radius 2 is 0.763 bits per heavy atom. The summed E-state index contributed by atoms with van der Waals surface area (Å²) >= 11 is 0. The molecule has 0 N–H and O–H groups in total. The van der Waals surface area contributed by atoms with Gasteiger partial charge < -0.3 is 4.57 Å². The van der Waals surface area contributed by atoms with Crippen molar-refractivity contribution in [2.24, 2.45) is 0 Å². The zero-order valence-electron chi connectivity index (χ0n) is 31.5. The van der Waals surface area contributed by atoms with Crippen LogP contribution in [0, 0.1) is 0 Å². The number of benzene rings is 8. The molecule has 0 saturated carbocycles. The molecule has 2 aromatic heterocycles. The van der Waals surface area contributed by atoms with E-state index in [0.29, 0.717) is 34.3 Å². The van der Waals surface area contributed by atoms with Gasteiger partial charge in [0.15, 0.2) is 17.5 Å². The van der Waals surface area contributed by atoms with Gasteiger partial charge in [-0.3, -0.25) is 0 Å². The maximum Gasteiger partial charge on any atom is 0.417 e. The van der Waals surface area contributed by atoms with Crippen LogP contribution in [0.3, 0.4) is 0 Å². The molecule has 8 aromatic carbocycles. The van der Waals surface area contributed by atoms with E-state index in [2.05, 4.69) is 65.2 Å². The number of alkyl halides is 3. The number of hydrogen-bond acceptors (Lipinski definition) is 3. The molecule has 0 atom stereocenters. The lowest BCUT2D eigenvalue weighted by Crippen LogP contribution is -2.07. The fourth-order valence-corrected chi connectivity index (χ4v) is 7.88. The topological polar surface area (TPSA) is 43.6 Å². The summed E-state index contributed by atoms with van der Waals surface area (Å²) in [5.41, 5.74) is 8.50. The minimum atomic E-state index is -4.57.